The lowest BCUT2D eigenvalue weighted by Crippen LogP contribution is -2.63. The van der Waals surface area contributed by atoms with Crippen molar-refractivity contribution in [1.29, 1.82) is 5.26 Å². The van der Waals surface area contributed by atoms with Gasteiger partial charge in [0, 0.05) is 113 Å². The van der Waals surface area contributed by atoms with E-state index >= 15 is 0 Å². The molecule has 70 heavy (non-hydrogen) atoms. The summed E-state index contributed by atoms with van der Waals surface area (Å²) in [6.45, 7) is 7.79. The van der Waals surface area contributed by atoms with Crippen molar-refractivity contribution in [2.24, 2.45) is 13.0 Å². The maximum absolute atomic E-state index is 15.0. The lowest BCUT2D eigenvalue weighted by molar-refractivity contribution is -0.138. The first-order valence-electron chi connectivity index (χ1n) is 23.8. The van der Waals surface area contributed by atoms with Crippen molar-refractivity contribution < 1.29 is 32.7 Å². The fraction of sp³-hybridized carbons (Fsp3) is 0.400. The summed E-state index contributed by atoms with van der Waals surface area (Å²) in [6, 6.07) is 16.4. The van der Waals surface area contributed by atoms with Crippen LogP contribution in [0.25, 0.3) is 27.5 Å². The fourth-order valence-electron chi connectivity index (χ4n) is 10.4. The van der Waals surface area contributed by atoms with Gasteiger partial charge in [-0.1, -0.05) is 0 Å². The van der Waals surface area contributed by atoms with E-state index in [1.807, 2.05) is 49.2 Å². The Bertz CT molecular complexity index is 3040. The van der Waals surface area contributed by atoms with E-state index in [1.54, 1.807) is 21.6 Å². The number of amides is 5. The number of rotatable bonds is 11. The lowest BCUT2D eigenvalue weighted by Gasteiger charge is -2.47. The molecular weight excluding hydrogens is 901 g/mol. The molecule has 8 heterocycles. The van der Waals surface area contributed by atoms with Crippen LogP contribution < -0.4 is 30.1 Å². The van der Waals surface area contributed by atoms with Crippen molar-refractivity contribution in [3.63, 3.8) is 0 Å². The third kappa shape index (κ3) is 9.04. The molecule has 4 aromatic heterocycles. The molecule has 10 rings (SSSR count). The summed E-state index contributed by atoms with van der Waals surface area (Å²) in [5, 5.41) is 25.1. The van der Waals surface area contributed by atoms with Gasteiger partial charge in [0.2, 0.25) is 11.8 Å². The quantitative estimate of drug-likeness (QED) is 0.175. The minimum atomic E-state index is -0.802. The molecule has 2 aromatic carbocycles. The summed E-state index contributed by atoms with van der Waals surface area (Å²) in [6.07, 6.45) is 7.65. The number of ether oxygens (including phenoxy) is 1. The zero-order chi connectivity index (χ0) is 48.7. The van der Waals surface area contributed by atoms with Crippen LogP contribution in [0.4, 0.5) is 30.9 Å². The highest BCUT2D eigenvalue weighted by Crippen LogP contribution is 2.35. The molecule has 4 aliphatic heterocycles. The third-order valence-corrected chi connectivity index (χ3v) is 14.2. The normalized spacial score (nSPS) is 18.0. The first kappa shape index (κ1) is 46.1. The summed E-state index contributed by atoms with van der Waals surface area (Å²) in [7, 11) is 1.83. The third-order valence-electron chi connectivity index (χ3n) is 14.2. The molecule has 5 amide bonds. The zero-order valence-corrected chi connectivity index (χ0v) is 39.0. The Morgan fingerprint density at radius 2 is 1.71 bits per heavy atom. The molecule has 18 nitrogen and oxygen atoms in total. The molecule has 362 valence electrons. The number of halogens is 2. The number of anilines is 3. The fourth-order valence-corrected chi connectivity index (χ4v) is 10.4. The van der Waals surface area contributed by atoms with Crippen LogP contribution >= 0.6 is 0 Å². The minimum absolute atomic E-state index is 0.115. The average Bonchev–Trinajstić information content (AvgIpc) is 3.94. The maximum Gasteiger partial charge on any atom is 0.329 e. The summed E-state index contributed by atoms with van der Waals surface area (Å²) >= 11 is 0. The van der Waals surface area contributed by atoms with E-state index in [0.29, 0.717) is 114 Å². The first-order valence-corrected chi connectivity index (χ1v) is 23.8. The molecule has 0 bridgehead atoms. The van der Waals surface area contributed by atoms with Gasteiger partial charge in [-0.3, -0.25) is 34.2 Å². The number of hydrogen-bond donors (Lipinski definition) is 2. The Morgan fingerprint density at radius 1 is 0.929 bits per heavy atom. The molecule has 4 saturated heterocycles. The summed E-state index contributed by atoms with van der Waals surface area (Å²) < 4.78 is 38.4. The standard InChI is InChI=1S/C50H53F2N13O5/c1-3-70-37-26-39(45-34(27-53)29-55-65(45)30-37)33-4-9-43(54-28-33)62-18-13-50(14-19-62,57-47(67)40-24-35(51)5-8-41(40)52)31-60-20-22-63(23-21-60)48(68)32-10-15-61(16-11-32)36-6-7-38-42(25-36)59(2)58-46(38)64-17-12-44(66)56-49(64)69/h4-9,24-26,28-30,32H,3,10-23,31H2,1-2H3,(H,57,67)(H,56,66,69). The van der Waals surface area contributed by atoms with E-state index in [-0.39, 0.29) is 36.3 Å². The molecular formula is C50H53F2N13O5. The summed E-state index contributed by atoms with van der Waals surface area (Å²) in [5.74, 6) is -0.603. The number of carbonyl (C=O) groups excluding carboxylic acids is 4. The van der Waals surface area contributed by atoms with Gasteiger partial charge in [-0.15, -0.1) is 0 Å². The van der Waals surface area contributed by atoms with Crippen LogP contribution in [0.1, 0.15) is 54.9 Å². The molecule has 4 fully saturated rings. The molecule has 0 atom stereocenters. The first-order chi connectivity index (χ1) is 33.9. The van der Waals surface area contributed by atoms with Gasteiger partial charge in [-0.2, -0.15) is 15.5 Å². The van der Waals surface area contributed by atoms with Gasteiger partial charge in [-0.05, 0) is 87.2 Å². The number of imide groups is 1. The van der Waals surface area contributed by atoms with Crippen molar-refractivity contribution >= 4 is 57.5 Å². The Morgan fingerprint density at radius 3 is 2.43 bits per heavy atom. The van der Waals surface area contributed by atoms with Crippen LogP contribution in [0, 0.1) is 28.9 Å². The largest absolute Gasteiger partial charge is 0.492 e. The number of nitriles is 1. The number of urea groups is 1. The van der Waals surface area contributed by atoms with Crippen LogP contribution in [-0.2, 0) is 16.6 Å². The van der Waals surface area contributed by atoms with Crippen LogP contribution in [-0.4, -0.2) is 136 Å². The lowest BCUT2D eigenvalue weighted by atomic mass is 9.85. The van der Waals surface area contributed by atoms with E-state index in [9.17, 15) is 33.2 Å². The summed E-state index contributed by atoms with van der Waals surface area (Å²) in [4.78, 5) is 67.0. The number of fused-ring (bicyclic) bond motifs is 2. The zero-order valence-electron chi connectivity index (χ0n) is 39.0. The van der Waals surface area contributed by atoms with Crippen molar-refractivity contribution in [3.8, 4) is 22.9 Å². The van der Waals surface area contributed by atoms with Crippen LogP contribution in [0.2, 0.25) is 0 Å². The van der Waals surface area contributed by atoms with Crippen molar-refractivity contribution in [2.45, 2.75) is 44.6 Å². The number of nitrogens with zero attached hydrogens (tertiary/aromatic N) is 11. The second-order valence-electron chi connectivity index (χ2n) is 18.5. The molecule has 20 heteroatoms. The van der Waals surface area contributed by atoms with Crippen molar-refractivity contribution in [2.75, 3.05) is 86.8 Å². The molecule has 0 spiro atoms. The van der Waals surface area contributed by atoms with Gasteiger partial charge in [0.05, 0.1) is 46.7 Å². The van der Waals surface area contributed by atoms with Crippen molar-refractivity contribution in [3.05, 3.63) is 95.9 Å². The number of hydrogen-bond acceptors (Lipinski definition) is 12. The molecule has 4 aliphatic rings. The average molecular weight is 954 g/mol. The number of piperidine rings is 2. The number of pyridine rings is 2. The number of aromatic nitrogens is 5. The van der Waals surface area contributed by atoms with E-state index in [1.165, 1.54) is 11.1 Å². The maximum atomic E-state index is 15.0. The van der Waals surface area contributed by atoms with E-state index in [2.05, 4.69) is 47.7 Å². The van der Waals surface area contributed by atoms with E-state index in [0.717, 1.165) is 51.7 Å². The predicted molar refractivity (Wildman–Crippen MR) is 256 cm³/mol. The molecule has 0 unspecified atom stereocenters. The number of nitrogens with one attached hydrogen (secondary N) is 2. The molecule has 0 aliphatic carbocycles. The number of carbonyl (C=O) groups is 4. The molecule has 6 aromatic rings. The number of benzene rings is 2. The SMILES string of the molecule is CCOc1cc(-c2ccc(N3CCC(CN4CCN(C(=O)C5CCN(c6ccc7c(N8CCC(=O)NC8=O)nn(C)c7c6)CC5)CC4)(NC(=O)c4cc(F)ccc4F)CC3)nc2)c2c(C#N)cnn2c1. The van der Waals surface area contributed by atoms with Gasteiger partial charge < -0.3 is 24.8 Å². The Hall–Kier alpha value is -7.66. The predicted octanol–water partition coefficient (Wildman–Crippen LogP) is 5.11. The van der Waals surface area contributed by atoms with Gasteiger partial charge in [0.25, 0.3) is 5.91 Å². The van der Waals surface area contributed by atoms with E-state index < -0.39 is 29.1 Å². The van der Waals surface area contributed by atoms with Gasteiger partial charge in [0.15, 0.2) is 5.82 Å². The molecule has 0 radical (unpaired) electrons. The Labute approximate surface area is 402 Å². The van der Waals surface area contributed by atoms with E-state index in [4.69, 9.17) is 9.72 Å². The number of aryl methyl sites for hydroxylation is 1. The van der Waals surface area contributed by atoms with Gasteiger partial charge in [-0.25, -0.2) is 23.1 Å². The minimum Gasteiger partial charge on any atom is -0.492 e. The highest BCUT2D eigenvalue weighted by molar-refractivity contribution is 6.09. The number of piperazine rings is 1. The smallest absolute Gasteiger partial charge is 0.329 e. The second kappa shape index (κ2) is 19.0. The highest BCUT2D eigenvalue weighted by Gasteiger charge is 2.40. The highest BCUT2D eigenvalue weighted by atomic mass is 19.1. The van der Waals surface area contributed by atoms with Crippen molar-refractivity contribution in [1.82, 2.24) is 44.8 Å². The summed E-state index contributed by atoms with van der Waals surface area (Å²) in [5.41, 5.74) is 3.36. The van der Waals surface area contributed by atoms with Gasteiger partial charge >= 0.3 is 6.03 Å². The van der Waals surface area contributed by atoms with Crippen LogP contribution in [0.5, 0.6) is 5.75 Å². The Balaban J connectivity index is 0.776. The van der Waals surface area contributed by atoms with Gasteiger partial charge in [0.1, 0.15) is 29.3 Å². The monoisotopic (exact) mass is 953 g/mol. The van der Waals surface area contributed by atoms with Crippen LogP contribution in [0.15, 0.2) is 73.2 Å². The Kier molecular flexibility index (Phi) is 12.5. The topological polar surface area (TPSA) is 190 Å². The molecule has 2 N–H and O–H groups in total. The second-order valence-corrected chi connectivity index (χ2v) is 18.5. The molecule has 0 saturated carbocycles. The van der Waals surface area contributed by atoms with Crippen LogP contribution in [0.3, 0.4) is 0 Å².